The molecule has 100 valence electrons. The molecule has 1 aliphatic heterocycles. The standard InChI is InChI=1S/C13H15FN4O/c14-10-6-11(7-15)18(8-10)13(19)2-1-9-3-4-17-12(16)5-9/h3-5,10-11H,1-2,6,8H2,(H2,16,17)/t10-,11-/m0/s1. The number of nitriles is 1. The van der Waals surface area contributed by atoms with Gasteiger partial charge in [0.1, 0.15) is 18.0 Å². The predicted molar refractivity (Wildman–Crippen MR) is 67.6 cm³/mol. The van der Waals surface area contributed by atoms with Crippen LogP contribution in [-0.4, -0.2) is 34.5 Å². The average molecular weight is 262 g/mol. The molecule has 0 spiro atoms. The largest absolute Gasteiger partial charge is 0.384 e. The van der Waals surface area contributed by atoms with Gasteiger partial charge >= 0.3 is 0 Å². The van der Waals surface area contributed by atoms with E-state index < -0.39 is 12.2 Å². The third-order valence-corrected chi connectivity index (χ3v) is 3.19. The Bertz CT molecular complexity index is 514. The van der Waals surface area contributed by atoms with Crippen LogP contribution in [0.1, 0.15) is 18.4 Å². The summed E-state index contributed by atoms with van der Waals surface area (Å²) < 4.78 is 13.2. The molecule has 1 amide bonds. The van der Waals surface area contributed by atoms with E-state index in [9.17, 15) is 9.18 Å². The molecule has 1 aliphatic rings. The Morgan fingerprint density at radius 2 is 2.47 bits per heavy atom. The first-order valence-electron chi connectivity index (χ1n) is 6.13. The normalized spacial score (nSPS) is 22.2. The second kappa shape index (κ2) is 5.65. The van der Waals surface area contributed by atoms with Crippen LogP contribution in [0.4, 0.5) is 10.2 Å². The summed E-state index contributed by atoms with van der Waals surface area (Å²) in [5.41, 5.74) is 6.46. The van der Waals surface area contributed by atoms with Crippen LogP contribution in [0, 0.1) is 11.3 Å². The highest BCUT2D eigenvalue weighted by Gasteiger charge is 2.34. The molecule has 1 saturated heterocycles. The highest BCUT2D eigenvalue weighted by molar-refractivity contribution is 5.77. The summed E-state index contributed by atoms with van der Waals surface area (Å²) in [6, 6.07) is 4.82. The molecule has 19 heavy (non-hydrogen) atoms. The van der Waals surface area contributed by atoms with E-state index in [0.29, 0.717) is 12.2 Å². The molecule has 1 aromatic rings. The van der Waals surface area contributed by atoms with E-state index >= 15 is 0 Å². The van der Waals surface area contributed by atoms with Crippen LogP contribution < -0.4 is 5.73 Å². The molecule has 0 aliphatic carbocycles. The zero-order chi connectivity index (χ0) is 13.8. The number of carbonyl (C=O) groups is 1. The van der Waals surface area contributed by atoms with Crippen molar-refractivity contribution in [1.29, 1.82) is 5.26 Å². The molecule has 0 radical (unpaired) electrons. The lowest BCUT2D eigenvalue weighted by Gasteiger charge is -2.19. The zero-order valence-corrected chi connectivity index (χ0v) is 10.4. The van der Waals surface area contributed by atoms with Gasteiger partial charge in [0, 0.05) is 19.0 Å². The number of hydrogen-bond donors (Lipinski definition) is 1. The van der Waals surface area contributed by atoms with Crippen LogP contribution in [0.2, 0.25) is 0 Å². The van der Waals surface area contributed by atoms with E-state index in [1.807, 2.05) is 6.07 Å². The molecule has 0 aromatic carbocycles. The van der Waals surface area contributed by atoms with E-state index in [4.69, 9.17) is 11.0 Å². The first-order chi connectivity index (χ1) is 9.10. The lowest BCUT2D eigenvalue weighted by molar-refractivity contribution is -0.131. The molecular weight excluding hydrogens is 247 g/mol. The van der Waals surface area contributed by atoms with Gasteiger partial charge in [0.15, 0.2) is 0 Å². The highest BCUT2D eigenvalue weighted by atomic mass is 19.1. The van der Waals surface area contributed by atoms with Gasteiger partial charge in [-0.25, -0.2) is 9.37 Å². The van der Waals surface area contributed by atoms with Crippen molar-refractivity contribution in [3.8, 4) is 6.07 Å². The van der Waals surface area contributed by atoms with Crippen LogP contribution in [0.3, 0.4) is 0 Å². The van der Waals surface area contributed by atoms with Gasteiger partial charge in [0.05, 0.1) is 12.6 Å². The molecule has 6 heteroatoms. The number of nitrogen functional groups attached to an aromatic ring is 1. The number of carbonyl (C=O) groups excluding carboxylic acids is 1. The number of amides is 1. The van der Waals surface area contributed by atoms with Gasteiger partial charge in [-0.15, -0.1) is 0 Å². The molecule has 2 heterocycles. The number of pyridine rings is 1. The quantitative estimate of drug-likeness (QED) is 0.882. The van der Waals surface area contributed by atoms with Crippen LogP contribution in [0.15, 0.2) is 18.3 Å². The molecule has 2 N–H and O–H groups in total. The smallest absolute Gasteiger partial charge is 0.224 e. The fraction of sp³-hybridized carbons (Fsp3) is 0.462. The van der Waals surface area contributed by atoms with Crippen molar-refractivity contribution in [3.63, 3.8) is 0 Å². The van der Waals surface area contributed by atoms with Crippen LogP contribution in [-0.2, 0) is 11.2 Å². The van der Waals surface area contributed by atoms with Crippen molar-refractivity contribution in [2.75, 3.05) is 12.3 Å². The molecule has 0 bridgehead atoms. The Labute approximate surface area is 110 Å². The molecule has 5 nitrogen and oxygen atoms in total. The van der Waals surface area contributed by atoms with Crippen LogP contribution in [0.25, 0.3) is 0 Å². The second-order valence-corrected chi connectivity index (χ2v) is 4.61. The topological polar surface area (TPSA) is 83.0 Å². The van der Waals surface area contributed by atoms with Crippen molar-refractivity contribution in [2.24, 2.45) is 0 Å². The summed E-state index contributed by atoms with van der Waals surface area (Å²) in [5.74, 6) is 0.215. The number of halogens is 1. The minimum Gasteiger partial charge on any atom is -0.384 e. The number of anilines is 1. The average Bonchev–Trinajstić information content (AvgIpc) is 2.77. The van der Waals surface area contributed by atoms with Crippen LogP contribution >= 0.6 is 0 Å². The summed E-state index contributed by atoms with van der Waals surface area (Å²) in [6.45, 7) is 0.0234. The van der Waals surface area contributed by atoms with Crippen molar-refractivity contribution in [1.82, 2.24) is 9.88 Å². The summed E-state index contributed by atoms with van der Waals surface area (Å²) in [5, 5.41) is 8.89. The van der Waals surface area contributed by atoms with E-state index in [2.05, 4.69) is 4.98 Å². The monoisotopic (exact) mass is 262 g/mol. The highest BCUT2D eigenvalue weighted by Crippen LogP contribution is 2.21. The fourth-order valence-corrected chi connectivity index (χ4v) is 2.23. The third kappa shape index (κ3) is 3.19. The molecule has 1 fully saturated rings. The first kappa shape index (κ1) is 13.3. The van der Waals surface area contributed by atoms with E-state index in [1.54, 1.807) is 18.3 Å². The maximum Gasteiger partial charge on any atom is 0.224 e. The zero-order valence-electron chi connectivity index (χ0n) is 10.4. The first-order valence-corrected chi connectivity index (χ1v) is 6.13. The van der Waals surface area contributed by atoms with E-state index in [1.165, 1.54) is 4.90 Å². The van der Waals surface area contributed by atoms with Crippen molar-refractivity contribution >= 4 is 11.7 Å². The lowest BCUT2D eigenvalue weighted by Crippen LogP contribution is -2.35. The molecule has 2 rings (SSSR count). The maximum atomic E-state index is 13.2. The Balaban J connectivity index is 1.93. The number of rotatable bonds is 3. The van der Waals surface area contributed by atoms with Gasteiger partial charge in [-0.05, 0) is 24.1 Å². The number of nitrogens with two attached hydrogens (primary N) is 1. The van der Waals surface area contributed by atoms with E-state index in [0.717, 1.165) is 5.56 Å². The maximum absolute atomic E-state index is 13.2. The van der Waals surface area contributed by atoms with Crippen molar-refractivity contribution < 1.29 is 9.18 Å². The Kier molecular flexibility index (Phi) is 3.95. The SMILES string of the molecule is N#C[C@@H]1C[C@H](F)CN1C(=O)CCc1ccnc(N)c1. The van der Waals surface area contributed by atoms with Crippen molar-refractivity contribution in [2.45, 2.75) is 31.5 Å². The van der Waals surface area contributed by atoms with Crippen LogP contribution in [0.5, 0.6) is 0 Å². The van der Waals surface area contributed by atoms with Gasteiger partial charge in [-0.3, -0.25) is 4.79 Å². The van der Waals surface area contributed by atoms with Gasteiger partial charge in [-0.1, -0.05) is 0 Å². The number of aromatic nitrogens is 1. The summed E-state index contributed by atoms with van der Waals surface area (Å²) in [4.78, 5) is 17.2. The molecule has 2 atom stereocenters. The minimum atomic E-state index is -1.09. The summed E-state index contributed by atoms with van der Waals surface area (Å²) >= 11 is 0. The number of nitrogens with zero attached hydrogens (tertiary/aromatic N) is 3. The van der Waals surface area contributed by atoms with Gasteiger partial charge in [-0.2, -0.15) is 5.26 Å². The minimum absolute atomic E-state index is 0.0234. The Morgan fingerprint density at radius 3 is 3.16 bits per heavy atom. The molecule has 0 unspecified atom stereocenters. The number of aryl methyl sites for hydroxylation is 1. The van der Waals surface area contributed by atoms with E-state index in [-0.39, 0.29) is 25.3 Å². The second-order valence-electron chi connectivity index (χ2n) is 4.61. The Morgan fingerprint density at radius 1 is 1.68 bits per heavy atom. The Hall–Kier alpha value is -2.16. The molecular formula is C13H15FN4O. The third-order valence-electron chi connectivity index (χ3n) is 3.19. The van der Waals surface area contributed by atoms with Crippen molar-refractivity contribution in [3.05, 3.63) is 23.9 Å². The number of alkyl halides is 1. The molecule has 0 saturated carbocycles. The predicted octanol–water partition coefficient (Wildman–Crippen LogP) is 1.06. The lowest BCUT2D eigenvalue weighted by atomic mass is 10.1. The number of hydrogen-bond acceptors (Lipinski definition) is 4. The molecule has 1 aromatic heterocycles. The summed E-state index contributed by atoms with van der Waals surface area (Å²) in [6.07, 6.45) is 1.36. The number of likely N-dealkylation sites (tertiary alicyclic amines) is 1. The fourth-order valence-electron chi connectivity index (χ4n) is 2.23. The van der Waals surface area contributed by atoms with Gasteiger partial charge < -0.3 is 10.6 Å². The van der Waals surface area contributed by atoms with Gasteiger partial charge in [0.25, 0.3) is 0 Å². The summed E-state index contributed by atoms with van der Waals surface area (Å²) in [7, 11) is 0. The van der Waals surface area contributed by atoms with Gasteiger partial charge in [0.2, 0.25) is 5.91 Å².